The fraction of sp³-hybridized carbons (Fsp3) is 0.625. The number of ether oxygens (including phenoxy) is 4. The van der Waals surface area contributed by atoms with Crippen LogP contribution in [0.4, 0.5) is 0 Å². The van der Waals surface area contributed by atoms with Gasteiger partial charge < -0.3 is 29.2 Å². The number of aliphatic hydroxyl groups is 2. The minimum absolute atomic E-state index is 0.0181. The Kier molecular flexibility index (Phi) is 11.8. The molecule has 1 rings (SSSR count). The normalized spacial score (nSPS) is 12.5. The highest BCUT2D eigenvalue weighted by atomic mass is 16.6. The van der Waals surface area contributed by atoms with Crippen LogP contribution in [0.5, 0.6) is 0 Å². The second kappa shape index (κ2) is 13.6. The molecule has 0 aliphatic carbocycles. The van der Waals surface area contributed by atoms with Gasteiger partial charge in [-0.1, -0.05) is 30.3 Å². The molecule has 2 N–H and O–H groups in total. The molecule has 0 heterocycles. The zero-order valence-corrected chi connectivity index (χ0v) is 12.9. The summed E-state index contributed by atoms with van der Waals surface area (Å²) >= 11 is 0. The Bertz CT molecular complexity index is 346. The van der Waals surface area contributed by atoms with Gasteiger partial charge in [0, 0.05) is 0 Å². The van der Waals surface area contributed by atoms with Gasteiger partial charge in [0.1, 0.15) is 6.10 Å². The maximum Gasteiger partial charge on any atom is 0.104 e. The van der Waals surface area contributed by atoms with Crippen molar-refractivity contribution >= 4 is 0 Å². The summed E-state index contributed by atoms with van der Waals surface area (Å²) in [7, 11) is 0. The van der Waals surface area contributed by atoms with Crippen LogP contribution in [-0.4, -0.2) is 69.2 Å². The number of aliphatic hydroxyl groups excluding tert-OH is 2. The lowest BCUT2D eigenvalue weighted by Gasteiger charge is -2.16. The summed E-state index contributed by atoms with van der Waals surface area (Å²) in [4.78, 5) is 0. The van der Waals surface area contributed by atoms with Crippen LogP contribution in [0, 0.1) is 0 Å². The van der Waals surface area contributed by atoms with E-state index in [4.69, 9.17) is 24.1 Å². The second-order valence-corrected chi connectivity index (χ2v) is 4.62. The molecule has 0 fully saturated rings. The smallest absolute Gasteiger partial charge is 0.104 e. The van der Waals surface area contributed by atoms with Crippen LogP contribution in [0.2, 0.25) is 0 Å². The number of rotatable bonds is 14. The van der Waals surface area contributed by atoms with Gasteiger partial charge in [-0.05, 0) is 5.56 Å². The van der Waals surface area contributed by atoms with Gasteiger partial charge in [-0.2, -0.15) is 0 Å². The third-order valence-electron chi connectivity index (χ3n) is 2.81. The molecule has 0 spiro atoms. The predicted octanol–water partition coefficient (Wildman–Crippen LogP) is 0.606. The Morgan fingerprint density at radius 1 is 0.818 bits per heavy atom. The SMILES string of the molecule is OCCOCCOCCOC(CO)COCc1ccccc1. The number of hydrogen-bond acceptors (Lipinski definition) is 6. The molecular weight excluding hydrogens is 288 g/mol. The van der Waals surface area contributed by atoms with Crippen LogP contribution < -0.4 is 0 Å². The first-order chi connectivity index (χ1) is 10.9. The van der Waals surface area contributed by atoms with Crippen LogP contribution in [0.25, 0.3) is 0 Å². The van der Waals surface area contributed by atoms with Crippen molar-refractivity contribution in [2.45, 2.75) is 12.7 Å². The quantitative estimate of drug-likeness (QED) is 0.490. The van der Waals surface area contributed by atoms with E-state index in [2.05, 4.69) is 0 Å². The predicted molar refractivity (Wildman–Crippen MR) is 81.6 cm³/mol. The molecule has 0 aromatic heterocycles. The molecule has 0 bridgehead atoms. The summed E-state index contributed by atoms with van der Waals surface area (Å²) in [5.74, 6) is 0. The van der Waals surface area contributed by atoms with Crippen molar-refractivity contribution in [1.29, 1.82) is 0 Å². The van der Waals surface area contributed by atoms with Gasteiger partial charge >= 0.3 is 0 Å². The Morgan fingerprint density at radius 3 is 2.18 bits per heavy atom. The fourth-order valence-electron chi connectivity index (χ4n) is 1.70. The van der Waals surface area contributed by atoms with E-state index in [0.717, 1.165) is 5.56 Å². The highest BCUT2D eigenvalue weighted by Crippen LogP contribution is 2.02. The van der Waals surface area contributed by atoms with Crippen molar-refractivity contribution in [2.75, 3.05) is 52.9 Å². The van der Waals surface area contributed by atoms with Crippen molar-refractivity contribution in [3.05, 3.63) is 35.9 Å². The van der Waals surface area contributed by atoms with Gasteiger partial charge in [0.15, 0.2) is 0 Å². The van der Waals surface area contributed by atoms with Crippen molar-refractivity contribution < 1.29 is 29.2 Å². The molecule has 0 aliphatic heterocycles. The molecule has 22 heavy (non-hydrogen) atoms. The standard InChI is InChI=1S/C16H26O6/c17-6-7-19-8-9-20-10-11-22-16(12-18)14-21-13-15-4-2-1-3-5-15/h1-5,16-18H,6-14H2. The highest BCUT2D eigenvalue weighted by Gasteiger charge is 2.08. The summed E-state index contributed by atoms with van der Waals surface area (Å²) < 4.78 is 21.3. The Morgan fingerprint density at radius 2 is 1.50 bits per heavy atom. The fourth-order valence-corrected chi connectivity index (χ4v) is 1.70. The maximum absolute atomic E-state index is 9.23. The Hall–Kier alpha value is -1.02. The molecule has 0 saturated carbocycles. The van der Waals surface area contributed by atoms with Crippen LogP contribution in [0.3, 0.4) is 0 Å². The zero-order chi connectivity index (χ0) is 15.9. The summed E-state index contributed by atoms with van der Waals surface area (Å²) in [6.07, 6.45) is -0.349. The largest absolute Gasteiger partial charge is 0.394 e. The van der Waals surface area contributed by atoms with E-state index in [1.54, 1.807) is 0 Å². The third-order valence-corrected chi connectivity index (χ3v) is 2.81. The van der Waals surface area contributed by atoms with Gasteiger partial charge in [0.25, 0.3) is 0 Å². The van der Waals surface area contributed by atoms with Crippen LogP contribution >= 0.6 is 0 Å². The van der Waals surface area contributed by atoms with Gasteiger partial charge in [-0.3, -0.25) is 0 Å². The van der Waals surface area contributed by atoms with Crippen molar-refractivity contribution in [3.63, 3.8) is 0 Å². The molecule has 0 saturated heterocycles. The van der Waals surface area contributed by atoms with Crippen molar-refractivity contribution in [3.8, 4) is 0 Å². The molecule has 1 atom stereocenters. The van der Waals surface area contributed by atoms with Crippen molar-refractivity contribution in [1.82, 2.24) is 0 Å². The Balaban J connectivity index is 1.98. The molecular formula is C16H26O6. The van der Waals surface area contributed by atoms with E-state index in [9.17, 15) is 5.11 Å². The molecule has 0 amide bonds. The topological polar surface area (TPSA) is 77.4 Å². The van der Waals surface area contributed by atoms with Gasteiger partial charge in [-0.25, -0.2) is 0 Å². The average molecular weight is 314 g/mol. The number of hydrogen-bond donors (Lipinski definition) is 2. The van der Waals surface area contributed by atoms with Crippen LogP contribution in [0.1, 0.15) is 5.56 Å². The van der Waals surface area contributed by atoms with E-state index in [1.807, 2.05) is 30.3 Å². The summed E-state index contributed by atoms with van der Waals surface area (Å²) in [6, 6.07) is 9.85. The summed E-state index contributed by atoms with van der Waals surface area (Å²) in [5.41, 5.74) is 1.09. The van der Waals surface area contributed by atoms with Crippen molar-refractivity contribution in [2.24, 2.45) is 0 Å². The highest BCUT2D eigenvalue weighted by molar-refractivity contribution is 5.13. The van der Waals surface area contributed by atoms with Crippen LogP contribution in [0.15, 0.2) is 30.3 Å². The van der Waals surface area contributed by atoms with E-state index in [1.165, 1.54) is 0 Å². The summed E-state index contributed by atoms with van der Waals surface area (Å²) in [6.45, 7) is 2.81. The van der Waals surface area contributed by atoms with Gasteiger partial charge in [0.05, 0.1) is 59.5 Å². The first-order valence-electron chi connectivity index (χ1n) is 7.47. The van der Waals surface area contributed by atoms with Gasteiger partial charge in [-0.15, -0.1) is 0 Å². The van der Waals surface area contributed by atoms with Crippen LogP contribution in [-0.2, 0) is 25.6 Å². The molecule has 1 aromatic carbocycles. The third kappa shape index (κ3) is 9.83. The number of benzene rings is 1. The Labute approximate surface area is 131 Å². The lowest BCUT2D eigenvalue weighted by atomic mass is 10.2. The average Bonchev–Trinajstić information content (AvgIpc) is 2.56. The first kappa shape index (κ1) is 19.0. The molecule has 126 valence electrons. The molecule has 6 nitrogen and oxygen atoms in total. The van der Waals surface area contributed by atoms with Gasteiger partial charge in [0.2, 0.25) is 0 Å². The minimum atomic E-state index is -0.349. The molecule has 0 radical (unpaired) electrons. The minimum Gasteiger partial charge on any atom is -0.394 e. The molecule has 6 heteroatoms. The van der Waals surface area contributed by atoms with E-state index < -0.39 is 0 Å². The van der Waals surface area contributed by atoms with E-state index >= 15 is 0 Å². The molecule has 0 aliphatic rings. The first-order valence-corrected chi connectivity index (χ1v) is 7.47. The lowest BCUT2D eigenvalue weighted by Crippen LogP contribution is -2.26. The maximum atomic E-state index is 9.23. The summed E-state index contributed by atoms with van der Waals surface area (Å²) in [5, 5.41) is 17.8. The zero-order valence-electron chi connectivity index (χ0n) is 12.9. The van der Waals surface area contributed by atoms with E-state index in [-0.39, 0.29) is 19.3 Å². The molecule has 1 aromatic rings. The van der Waals surface area contributed by atoms with E-state index in [0.29, 0.717) is 46.2 Å². The molecule has 1 unspecified atom stereocenters. The lowest BCUT2D eigenvalue weighted by molar-refractivity contribution is -0.0657. The monoisotopic (exact) mass is 314 g/mol. The second-order valence-electron chi connectivity index (χ2n) is 4.62.